The molecule has 1 aliphatic carbocycles. The fraction of sp³-hybridized carbons (Fsp3) is 0.333. The standard InChI is InChI=1S/C18H19Cl/c1-12-5-3-8-17(13(12)2)18(19)16-10-9-14-6-4-7-15(14)11-16/h3,5,8-11,18H,4,6-7H2,1-2H3. The zero-order valence-electron chi connectivity index (χ0n) is 11.5. The molecular weight excluding hydrogens is 252 g/mol. The Labute approximate surface area is 120 Å². The highest BCUT2D eigenvalue weighted by Crippen LogP contribution is 2.34. The maximum atomic E-state index is 6.71. The van der Waals surface area contributed by atoms with Crippen LogP contribution >= 0.6 is 11.6 Å². The van der Waals surface area contributed by atoms with Crippen LogP contribution in [-0.4, -0.2) is 0 Å². The van der Waals surface area contributed by atoms with Gasteiger partial charge in [0, 0.05) is 0 Å². The maximum absolute atomic E-state index is 6.71. The van der Waals surface area contributed by atoms with E-state index in [1.54, 1.807) is 0 Å². The molecule has 0 radical (unpaired) electrons. The maximum Gasteiger partial charge on any atom is 0.0838 e. The Bertz CT molecular complexity index is 613. The van der Waals surface area contributed by atoms with Gasteiger partial charge in [-0.15, -0.1) is 11.6 Å². The molecule has 98 valence electrons. The monoisotopic (exact) mass is 270 g/mol. The first-order valence-electron chi connectivity index (χ1n) is 6.98. The molecule has 0 aliphatic heterocycles. The normalized spacial score (nSPS) is 15.3. The van der Waals surface area contributed by atoms with Gasteiger partial charge in [0.15, 0.2) is 0 Å². The van der Waals surface area contributed by atoms with E-state index >= 15 is 0 Å². The number of fused-ring (bicyclic) bond motifs is 1. The van der Waals surface area contributed by atoms with Gasteiger partial charge in [-0.2, -0.15) is 0 Å². The minimum absolute atomic E-state index is 0.0363. The van der Waals surface area contributed by atoms with Gasteiger partial charge < -0.3 is 0 Å². The molecule has 19 heavy (non-hydrogen) atoms. The van der Waals surface area contributed by atoms with Gasteiger partial charge in [0.1, 0.15) is 0 Å². The van der Waals surface area contributed by atoms with Crippen molar-refractivity contribution in [3.05, 3.63) is 69.8 Å². The van der Waals surface area contributed by atoms with Crippen molar-refractivity contribution >= 4 is 11.6 Å². The Morgan fingerprint density at radius 3 is 2.63 bits per heavy atom. The van der Waals surface area contributed by atoms with E-state index in [1.807, 2.05) is 0 Å². The summed E-state index contributed by atoms with van der Waals surface area (Å²) in [5, 5.41) is -0.0363. The van der Waals surface area contributed by atoms with Gasteiger partial charge in [-0.25, -0.2) is 0 Å². The topological polar surface area (TPSA) is 0 Å². The number of alkyl halides is 1. The summed E-state index contributed by atoms with van der Waals surface area (Å²) in [4.78, 5) is 0. The van der Waals surface area contributed by atoms with Gasteiger partial charge in [-0.05, 0) is 66.5 Å². The van der Waals surface area contributed by atoms with E-state index in [-0.39, 0.29) is 5.38 Å². The molecule has 0 bridgehead atoms. The second-order valence-corrected chi connectivity index (χ2v) is 5.97. The molecule has 0 saturated carbocycles. The highest BCUT2D eigenvalue weighted by molar-refractivity contribution is 6.22. The summed E-state index contributed by atoms with van der Waals surface area (Å²) < 4.78 is 0. The van der Waals surface area contributed by atoms with Gasteiger partial charge in [-0.1, -0.05) is 36.4 Å². The third kappa shape index (κ3) is 2.30. The number of hydrogen-bond donors (Lipinski definition) is 0. The lowest BCUT2D eigenvalue weighted by Gasteiger charge is -2.16. The Hall–Kier alpha value is -1.27. The molecule has 1 heteroatoms. The first-order valence-corrected chi connectivity index (χ1v) is 7.42. The van der Waals surface area contributed by atoms with Gasteiger partial charge in [0.25, 0.3) is 0 Å². The lowest BCUT2D eigenvalue weighted by atomic mass is 9.95. The number of halogens is 1. The smallest absolute Gasteiger partial charge is 0.0838 e. The SMILES string of the molecule is Cc1cccc(C(Cl)c2ccc3c(c2)CCC3)c1C. The largest absolute Gasteiger partial charge is 0.113 e. The van der Waals surface area contributed by atoms with Crippen LogP contribution in [0.5, 0.6) is 0 Å². The van der Waals surface area contributed by atoms with E-state index in [0.717, 1.165) is 0 Å². The average molecular weight is 271 g/mol. The zero-order valence-corrected chi connectivity index (χ0v) is 12.3. The van der Waals surface area contributed by atoms with E-state index in [2.05, 4.69) is 50.2 Å². The highest BCUT2D eigenvalue weighted by Gasteiger charge is 2.17. The molecule has 1 unspecified atom stereocenters. The van der Waals surface area contributed by atoms with Crippen LogP contribution in [0.25, 0.3) is 0 Å². The van der Waals surface area contributed by atoms with Crippen LogP contribution in [0.4, 0.5) is 0 Å². The number of benzene rings is 2. The highest BCUT2D eigenvalue weighted by atomic mass is 35.5. The molecule has 0 aromatic heterocycles. The van der Waals surface area contributed by atoms with Gasteiger partial charge in [0.05, 0.1) is 5.38 Å². The molecule has 0 fully saturated rings. The quantitative estimate of drug-likeness (QED) is 0.665. The van der Waals surface area contributed by atoms with Crippen LogP contribution < -0.4 is 0 Å². The summed E-state index contributed by atoms with van der Waals surface area (Å²) in [5.74, 6) is 0. The van der Waals surface area contributed by atoms with Gasteiger partial charge >= 0.3 is 0 Å². The van der Waals surface area contributed by atoms with Crippen molar-refractivity contribution in [2.24, 2.45) is 0 Å². The fourth-order valence-electron chi connectivity index (χ4n) is 2.98. The molecule has 0 spiro atoms. The molecule has 3 rings (SSSR count). The van der Waals surface area contributed by atoms with Crippen LogP contribution in [0.15, 0.2) is 36.4 Å². The Morgan fingerprint density at radius 1 is 1.00 bits per heavy atom. The minimum Gasteiger partial charge on any atom is -0.113 e. The van der Waals surface area contributed by atoms with E-state index in [4.69, 9.17) is 11.6 Å². The van der Waals surface area contributed by atoms with Crippen molar-refractivity contribution in [1.29, 1.82) is 0 Å². The van der Waals surface area contributed by atoms with Crippen LogP contribution in [0.2, 0.25) is 0 Å². The number of aryl methyl sites for hydroxylation is 3. The van der Waals surface area contributed by atoms with E-state index in [9.17, 15) is 0 Å². The van der Waals surface area contributed by atoms with Crippen LogP contribution in [0.1, 0.15) is 45.2 Å². The minimum atomic E-state index is -0.0363. The third-order valence-electron chi connectivity index (χ3n) is 4.33. The molecular formula is C18H19Cl. The number of hydrogen-bond acceptors (Lipinski definition) is 0. The molecule has 0 saturated heterocycles. The molecule has 0 N–H and O–H groups in total. The summed E-state index contributed by atoms with van der Waals surface area (Å²) >= 11 is 6.71. The van der Waals surface area contributed by atoms with E-state index in [1.165, 1.54) is 52.6 Å². The molecule has 1 aliphatic rings. The summed E-state index contributed by atoms with van der Waals surface area (Å²) in [7, 11) is 0. The Kier molecular flexibility index (Phi) is 3.36. The van der Waals surface area contributed by atoms with Crippen LogP contribution in [0, 0.1) is 13.8 Å². The van der Waals surface area contributed by atoms with E-state index < -0.39 is 0 Å². The van der Waals surface area contributed by atoms with Gasteiger partial charge in [-0.3, -0.25) is 0 Å². The Balaban J connectivity index is 2.00. The lowest BCUT2D eigenvalue weighted by molar-refractivity contribution is 0.911. The predicted molar refractivity (Wildman–Crippen MR) is 82.1 cm³/mol. The van der Waals surface area contributed by atoms with Crippen molar-refractivity contribution in [3.63, 3.8) is 0 Å². The zero-order chi connectivity index (χ0) is 13.4. The van der Waals surface area contributed by atoms with E-state index in [0.29, 0.717) is 0 Å². The van der Waals surface area contributed by atoms with Crippen molar-refractivity contribution < 1.29 is 0 Å². The van der Waals surface area contributed by atoms with Crippen LogP contribution in [-0.2, 0) is 12.8 Å². The van der Waals surface area contributed by atoms with Crippen molar-refractivity contribution in [2.75, 3.05) is 0 Å². The second-order valence-electron chi connectivity index (χ2n) is 5.53. The van der Waals surface area contributed by atoms with Gasteiger partial charge in [0.2, 0.25) is 0 Å². The predicted octanol–water partition coefficient (Wildman–Crippen LogP) is 5.12. The Morgan fingerprint density at radius 2 is 1.79 bits per heavy atom. The summed E-state index contributed by atoms with van der Waals surface area (Å²) in [6.45, 7) is 4.30. The third-order valence-corrected chi connectivity index (χ3v) is 4.82. The number of rotatable bonds is 2. The summed E-state index contributed by atoms with van der Waals surface area (Å²) in [6.07, 6.45) is 3.72. The lowest BCUT2D eigenvalue weighted by Crippen LogP contribution is -1.99. The summed E-state index contributed by atoms with van der Waals surface area (Å²) in [6, 6.07) is 13.2. The van der Waals surface area contributed by atoms with Crippen molar-refractivity contribution in [1.82, 2.24) is 0 Å². The first kappa shape index (κ1) is 12.7. The van der Waals surface area contributed by atoms with Crippen molar-refractivity contribution in [2.45, 2.75) is 38.5 Å². The molecule has 0 amide bonds. The first-order chi connectivity index (χ1) is 9.16. The summed E-state index contributed by atoms with van der Waals surface area (Å²) in [5.41, 5.74) is 8.09. The molecule has 0 nitrogen and oxygen atoms in total. The van der Waals surface area contributed by atoms with Crippen molar-refractivity contribution in [3.8, 4) is 0 Å². The molecule has 0 heterocycles. The van der Waals surface area contributed by atoms with Crippen LogP contribution in [0.3, 0.4) is 0 Å². The fourth-order valence-corrected chi connectivity index (χ4v) is 3.35. The average Bonchev–Trinajstić information content (AvgIpc) is 2.88. The second kappa shape index (κ2) is 5.02. The molecule has 1 atom stereocenters. The molecule has 2 aromatic rings. The molecule has 2 aromatic carbocycles.